The van der Waals surface area contributed by atoms with E-state index in [1.807, 2.05) is 0 Å². The lowest BCUT2D eigenvalue weighted by molar-refractivity contribution is -0.136. The average Bonchev–Trinajstić information content (AvgIpc) is 2.69. The number of carbonyl (C=O) groups is 1. The van der Waals surface area contributed by atoms with Gasteiger partial charge in [0.1, 0.15) is 0 Å². The number of rotatable bonds is 2. The van der Waals surface area contributed by atoms with Gasteiger partial charge in [-0.25, -0.2) is 10.4 Å². The van der Waals surface area contributed by atoms with E-state index in [-0.39, 0.29) is 5.91 Å². The summed E-state index contributed by atoms with van der Waals surface area (Å²) >= 11 is 0. The lowest BCUT2D eigenvalue weighted by Crippen LogP contribution is -2.50. The molecule has 2 N–H and O–H groups in total. The first kappa shape index (κ1) is 12.6. The van der Waals surface area contributed by atoms with Crippen molar-refractivity contribution in [2.75, 3.05) is 0 Å². The molecule has 0 bridgehead atoms. The Hall–Kier alpha value is -0.870. The number of amides is 1. The summed E-state index contributed by atoms with van der Waals surface area (Å²) in [6, 6.07) is 0.326. The Morgan fingerprint density at radius 2 is 1.71 bits per heavy atom. The molecule has 1 amide bonds. The summed E-state index contributed by atoms with van der Waals surface area (Å²) in [5.41, 5.74) is 3.18. The zero-order chi connectivity index (χ0) is 12.1. The van der Waals surface area contributed by atoms with Gasteiger partial charge in [-0.1, -0.05) is 38.5 Å². The lowest BCUT2D eigenvalue weighted by atomic mass is 10.1. The van der Waals surface area contributed by atoms with Crippen LogP contribution in [0.3, 0.4) is 0 Å². The van der Waals surface area contributed by atoms with Gasteiger partial charge in [0.05, 0.1) is 0 Å². The fourth-order valence-electron chi connectivity index (χ4n) is 2.56. The normalized spacial score (nSPS) is 27.9. The van der Waals surface area contributed by atoms with E-state index >= 15 is 0 Å². The summed E-state index contributed by atoms with van der Waals surface area (Å²) in [6.45, 7) is 0. The van der Waals surface area contributed by atoms with Crippen molar-refractivity contribution >= 4 is 5.91 Å². The van der Waals surface area contributed by atoms with Crippen molar-refractivity contribution in [3.63, 3.8) is 0 Å². The summed E-state index contributed by atoms with van der Waals surface area (Å²) in [4.78, 5) is 11.5. The Bertz CT molecular complexity index is 281. The Morgan fingerprint density at radius 3 is 2.24 bits per heavy atom. The van der Waals surface area contributed by atoms with Crippen LogP contribution in [0.15, 0.2) is 12.2 Å². The molecule has 1 fully saturated rings. The molecule has 0 aromatic carbocycles. The number of carbonyl (C=O) groups excluding carboxylic acids is 1. The molecule has 4 nitrogen and oxygen atoms in total. The summed E-state index contributed by atoms with van der Waals surface area (Å²) < 4.78 is 0. The molecule has 1 aliphatic carbocycles. The number of hydrazine groups is 1. The largest absolute Gasteiger partial charge is 0.369 e. The van der Waals surface area contributed by atoms with Gasteiger partial charge in [0.25, 0.3) is 5.91 Å². The molecule has 1 heterocycles. The van der Waals surface area contributed by atoms with Crippen molar-refractivity contribution in [2.24, 2.45) is 0 Å². The predicted molar refractivity (Wildman–Crippen MR) is 65.9 cm³/mol. The monoisotopic (exact) mass is 238 g/mol. The maximum Gasteiger partial charge on any atom is 0.263 e. The molecular weight excluding hydrogens is 216 g/mol. The van der Waals surface area contributed by atoms with Gasteiger partial charge in [-0.15, -0.1) is 0 Å². The highest BCUT2D eigenvalue weighted by Crippen LogP contribution is 2.18. The van der Waals surface area contributed by atoms with Gasteiger partial charge in [0.2, 0.25) is 0 Å². The fourth-order valence-corrected chi connectivity index (χ4v) is 2.56. The first-order valence-electron chi connectivity index (χ1n) is 6.73. The number of aliphatic hydroxyl groups excluding tert-OH is 1. The summed E-state index contributed by atoms with van der Waals surface area (Å²) in [7, 11) is 0. The van der Waals surface area contributed by atoms with E-state index in [0.29, 0.717) is 6.04 Å². The second-order valence-corrected chi connectivity index (χ2v) is 5.01. The lowest BCUT2D eigenvalue weighted by Gasteiger charge is -2.27. The quantitative estimate of drug-likeness (QED) is 0.770. The zero-order valence-corrected chi connectivity index (χ0v) is 10.3. The van der Waals surface area contributed by atoms with Crippen molar-refractivity contribution in [2.45, 2.75) is 63.6 Å². The number of hydrogen-bond donors (Lipinski definition) is 2. The Labute approximate surface area is 103 Å². The predicted octanol–water partition coefficient (Wildman–Crippen LogP) is 1.71. The molecule has 4 heteroatoms. The third-order valence-corrected chi connectivity index (χ3v) is 3.59. The number of hydrogen-bond acceptors (Lipinski definition) is 3. The molecule has 96 valence electrons. The maximum absolute atomic E-state index is 11.5. The van der Waals surface area contributed by atoms with E-state index < -0.39 is 6.23 Å². The van der Waals surface area contributed by atoms with Crippen LogP contribution < -0.4 is 5.43 Å². The highest BCUT2D eigenvalue weighted by molar-refractivity contribution is 5.89. The van der Waals surface area contributed by atoms with Gasteiger partial charge >= 0.3 is 0 Å². The zero-order valence-electron chi connectivity index (χ0n) is 10.3. The van der Waals surface area contributed by atoms with E-state index in [1.165, 1.54) is 55.7 Å². The molecule has 0 spiro atoms. The van der Waals surface area contributed by atoms with Crippen LogP contribution in [0.5, 0.6) is 0 Å². The van der Waals surface area contributed by atoms with Gasteiger partial charge in [-0.2, -0.15) is 0 Å². The number of aliphatic hydroxyl groups is 1. The van der Waals surface area contributed by atoms with E-state index in [4.69, 9.17) is 0 Å². The molecule has 1 saturated carbocycles. The molecule has 2 aliphatic rings. The molecule has 1 atom stereocenters. The topological polar surface area (TPSA) is 52.6 Å². The van der Waals surface area contributed by atoms with E-state index in [2.05, 4.69) is 5.43 Å². The summed E-state index contributed by atoms with van der Waals surface area (Å²) in [5, 5.41) is 11.0. The second-order valence-electron chi connectivity index (χ2n) is 5.01. The molecule has 0 radical (unpaired) electrons. The molecule has 17 heavy (non-hydrogen) atoms. The van der Waals surface area contributed by atoms with Crippen LogP contribution in [0.4, 0.5) is 0 Å². The van der Waals surface area contributed by atoms with Crippen molar-refractivity contribution in [3.05, 3.63) is 12.2 Å². The molecule has 2 rings (SSSR count). The molecule has 1 unspecified atom stereocenters. The highest BCUT2D eigenvalue weighted by Gasteiger charge is 2.26. The highest BCUT2D eigenvalue weighted by atomic mass is 16.3. The minimum atomic E-state index is -0.796. The maximum atomic E-state index is 11.5. The summed E-state index contributed by atoms with van der Waals surface area (Å²) in [5.74, 6) is -0.141. The molecule has 1 aliphatic heterocycles. The van der Waals surface area contributed by atoms with Crippen molar-refractivity contribution in [3.8, 4) is 0 Å². The third-order valence-electron chi connectivity index (χ3n) is 3.59. The van der Waals surface area contributed by atoms with Gasteiger partial charge in [-0.3, -0.25) is 4.79 Å². The Kier molecular flexibility index (Phi) is 4.57. The van der Waals surface area contributed by atoms with Crippen molar-refractivity contribution in [1.29, 1.82) is 0 Å². The van der Waals surface area contributed by atoms with Gasteiger partial charge in [-0.05, 0) is 18.9 Å². The Morgan fingerprint density at radius 1 is 1.12 bits per heavy atom. The van der Waals surface area contributed by atoms with Gasteiger partial charge < -0.3 is 5.11 Å². The fraction of sp³-hybridized carbons (Fsp3) is 0.769. The SMILES string of the molecule is O=C1C=CC(O)N1NC1CCCCCCCC1. The molecule has 0 saturated heterocycles. The smallest absolute Gasteiger partial charge is 0.263 e. The van der Waals surface area contributed by atoms with Crippen LogP contribution in [0.25, 0.3) is 0 Å². The first-order chi connectivity index (χ1) is 8.27. The molecule has 0 aromatic rings. The van der Waals surface area contributed by atoms with E-state index in [1.54, 1.807) is 0 Å². The van der Waals surface area contributed by atoms with Gasteiger partial charge in [0.15, 0.2) is 6.23 Å². The Balaban J connectivity index is 1.85. The van der Waals surface area contributed by atoms with Crippen molar-refractivity contribution in [1.82, 2.24) is 10.4 Å². The minimum absolute atomic E-state index is 0.141. The average molecular weight is 238 g/mol. The molecular formula is C13H22N2O2. The van der Waals surface area contributed by atoms with Crippen LogP contribution >= 0.6 is 0 Å². The summed E-state index contributed by atoms with van der Waals surface area (Å²) in [6.07, 6.45) is 12.0. The van der Waals surface area contributed by atoms with Crippen LogP contribution in [-0.4, -0.2) is 28.3 Å². The van der Waals surface area contributed by atoms with E-state index in [9.17, 15) is 9.90 Å². The second kappa shape index (κ2) is 6.17. The van der Waals surface area contributed by atoms with Crippen LogP contribution in [0.1, 0.15) is 51.4 Å². The first-order valence-corrected chi connectivity index (χ1v) is 6.73. The molecule has 0 aromatic heterocycles. The number of nitrogens with zero attached hydrogens (tertiary/aromatic N) is 1. The van der Waals surface area contributed by atoms with Crippen LogP contribution in [-0.2, 0) is 4.79 Å². The van der Waals surface area contributed by atoms with Crippen LogP contribution in [0, 0.1) is 0 Å². The third kappa shape index (κ3) is 3.54. The van der Waals surface area contributed by atoms with Crippen LogP contribution in [0.2, 0.25) is 0 Å². The van der Waals surface area contributed by atoms with Crippen molar-refractivity contribution < 1.29 is 9.90 Å². The minimum Gasteiger partial charge on any atom is -0.369 e. The number of nitrogens with one attached hydrogen (secondary N) is 1. The van der Waals surface area contributed by atoms with E-state index in [0.717, 1.165) is 12.8 Å². The standard InChI is InChI=1S/C13H22N2O2/c16-12-9-10-13(17)15(12)14-11-7-5-3-1-2-4-6-8-11/h9-12,14,16H,1-8H2. The van der Waals surface area contributed by atoms with Gasteiger partial charge in [0, 0.05) is 12.1 Å².